The molecule has 0 saturated carbocycles. The molecule has 2 aromatic heterocycles. The van der Waals surface area contributed by atoms with Gasteiger partial charge in [-0.3, -0.25) is 14.2 Å². The lowest BCUT2D eigenvalue weighted by Crippen LogP contribution is -2.28. The monoisotopic (exact) mass is 325 g/mol. The Kier molecular flexibility index (Phi) is 4.51. The molecule has 0 bridgehead atoms. The van der Waals surface area contributed by atoms with Crippen LogP contribution in [0.1, 0.15) is 32.2 Å². The molecule has 0 atom stereocenters. The van der Waals surface area contributed by atoms with Crippen molar-refractivity contribution in [2.75, 3.05) is 6.54 Å². The van der Waals surface area contributed by atoms with Crippen LogP contribution in [0.2, 0.25) is 5.02 Å². The Morgan fingerprint density at radius 1 is 1.36 bits per heavy atom. The number of rotatable bonds is 5. The Hall–Kier alpha value is -2.35. The van der Waals surface area contributed by atoms with Crippen LogP contribution in [0.15, 0.2) is 6.20 Å². The number of hydrogen-bond acceptors (Lipinski definition) is 4. The van der Waals surface area contributed by atoms with E-state index in [2.05, 4.69) is 15.5 Å². The highest BCUT2D eigenvalue weighted by Gasteiger charge is 2.20. The number of carbonyl (C=O) groups is 2. The van der Waals surface area contributed by atoms with Crippen LogP contribution in [0, 0.1) is 13.8 Å². The Morgan fingerprint density at radius 3 is 2.59 bits per heavy atom. The number of carbonyl (C=O) groups excluding carboxylic acids is 1. The molecule has 0 aliphatic heterocycles. The van der Waals surface area contributed by atoms with Crippen molar-refractivity contribution in [3.63, 3.8) is 0 Å². The average Bonchev–Trinajstić information content (AvgIpc) is 2.96. The molecule has 9 heteroatoms. The second-order valence-corrected chi connectivity index (χ2v) is 5.21. The number of aryl methyl sites for hydroxylation is 2. The third kappa shape index (κ3) is 3.11. The summed E-state index contributed by atoms with van der Waals surface area (Å²) >= 11 is 6.05. The molecular weight excluding hydrogens is 310 g/mol. The second kappa shape index (κ2) is 6.18. The maximum atomic E-state index is 12.0. The maximum Gasteiger partial charge on any atom is 0.357 e. The van der Waals surface area contributed by atoms with Gasteiger partial charge in [0.15, 0.2) is 5.69 Å². The molecule has 8 nitrogen and oxygen atoms in total. The minimum Gasteiger partial charge on any atom is -0.476 e. The summed E-state index contributed by atoms with van der Waals surface area (Å²) in [5.41, 5.74) is 1.31. The van der Waals surface area contributed by atoms with Crippen LogP contribution in [0.25, 0.3) is 0 Å². The Morgan fingerprint density at radius 2 is 2.05 bits per heavy atom. The normalized spacial score (nSPS) is 10.7. The van der Waals surface area contributed by atoms with Crippen molar-refractivity contribution in [1.29, 1.82) is 0 Å². The van der Waals surface area contributed by atoms with Crippen LogP contribution < -0.4 is 5.32 Å². The van der Waals surface area contributed by atoms with E-state index < -0.39 is 11.9 Å². The van der Waals surface area contributed by atoms with Crippen LogP contribution in [-0.4, -0.2) is 43.1 Å². The quantitative estimate of drug-likeness (QED) is 0.854. The average molecular weight is 326 g/mol. The minimum atomic E-state index is -1.24. The minimum absolute atomic E-state index is 0.0291. The molecule has 2 heterocycles. The zero-order chi connectivity index (χ0) is 16.4. The summed E-state index contributed by atoms with van der Waals surface area (Å²) in [7, 11) is 1.56. The number of halogens is 1. The maximum absolute atomic E-state index is 12.0. The van der Waals surface area contributed by atoms with Crippen molar-refractivity contribution in [2.45, 2.75) is 20.4 Å². The van der Waals surface area contributed by atoms with Gasteiger partial charge in [-0.05, 0) is 13.8 Å². The molecule has 22 heavy (non-hydrogen) atoms. The molecule has 2 aromatic rings. The van der Waals surface area contributed by atoms with E-state index in [9.17, 15) is 9.59 Å². The van der Waals surface area contributed by atoms with Gasteiger partial charge in [0.05, 0.1) is 28.5 Å². The number of amides is 1. The van der Waals surface area contributed by atoms with E-state index in [-0.39, 0.29) is 11.3 Å². The molecule has 1 amide bonds. The lowest BCUT2D eigenvalue weighted by molar-refractivity contribution is 0.0684. The first-order chi connectivity index (χ1) is 10.3. The summed E-state index contributed by atoms with van der Waals surface area (Å²) in [6, 6.07) is 0. The highest BCUT2D eigenvalue weighted by atomic mass is 35.5. The number of nitrogens with one attached hydrogen (secondary N) is 1. The lowest BCUT2D eigenvalue weighted by atomic mass is 10.2. The molecule has 0 aromatic carbocycles. The summed E-state index contributed by atoms with van der Waals surface area (Å²) in [5.74, 6) is -1.73. The van der Waals surface area contributed by atoms with Crippen molar-refractivity contribution in [1.82, 2.24) is 24.9 Å². The van der Waals surface area contributed by atoms with E-state index in [0.29, 0.717) is 18.1 Å². The van der Waals surface area contributed by atoms with E-state index in [1.807, 2.05) is 6.92 Å². The largest absolute Gasteiger partial charge is 0.476 e. The number of carboxylic acid groups (broad SMARTS) is 1. The highest BCUT2D eigenvalue weighted by Crippen LogP contribution is 2.18. The SMILES string of the molecule is Cc1nn(CCNC(=O)c2cn(C)nc2C(=O)O)c(C)c1Cl. The van der Waals surface area contributed by atoms with Gasteiger partial charge in [0.2, 0.25) is 0 Å². The van der Waals surface area contributed by atoms with Gasteiger partial charge in [0, 0.05) is 19.8 Å². The Balaban J connectivity index is 2.01. The fourth-order valence-electron chi connectivity index (χ4n) is 2.08. The standard InChI is InChI=1S/C13H16ClN5O3/c1-7-10(14)8(2)19(16-7)5-4-15-12(20)9-6-18(3)17-11(9)13(21)22/h6H,4-5H2,1-3H3,(H,15,20)(H,21,22). The fourth-order valence-corrected chi connectivity index (χ4v) is 2.21. The fraction of sp³-hybridized carbons (Fsp3) is 0.385. The summed E-state index contributed by atoms with van der Waals surface area (Å²) in [6.07, 6.45) is 1.37. The summed E-state index contributed by atoms with van der Waals surface area (Å²) in [4.78, 5) is 23.1. The zero-order valence-electron chi connectivity index (χ0n) is 12.4. The predicted octanol–water partition coefficient (Wildman–Crippen LogP) is 1.02. The highest BCUT2D eigenvalue weighted by molar-refractivity contribution is 6.31. The second-order valence-electron chi connectivity index (χ2n) is 4.83. The van der Waals surface area contributed by atoms with Crippen LogP contribution in [-0.2, 0) is 13.6 Å². The van der Waals surface area contributed by atoms with Crippen LogP contribution >= 0.6 is 11.6 Å². The van der Waals surface area contributed by atoms with Gasteiger partial charge in [-0.15, -0.1) is 0 Å². The van der Waals surface area contributed by atoms with Crippen LogP contribution in [0.5, 0.6) is 0 Å². The molecule has 0 aliphatic carbocycles. The first kappa shape index (κ1) is 16.0. The van der Waals surface area contributed by atoms with Gasteiger partial charge in [0.1, 0.15) is 0 Å². The molecular formula is C13H16ClN5O3. The van der Waals surface area contributed by atoms with E-state index in [4.69, 9.17) is 16.7 Å². The number of carboxylic acids is 1. The third-order valence-corrected chi connectivity index (χ3v) is 3.73. The molecule has 2 N–H and O–H groups in total. The van der Waals surface area contributed by atoms with Crippen LogP contribution in [0.3, 0.4) is 0 Å². The summed E-state index contributed by atoms with van der Waals surface area (Å²) in [5, 5.41) is 20.3. The van der Waals surface area contributed by atoms with Crippen molar-refractivity contribution in [3.8, 4) is 0 Å². The molecule has 0 spiro atoms. The molecule has 2 rings (SSSR count). The van der Waals surface area contributed by atoms with Crippen molar-refractivity contribution in [3.05, 3.63) is 33.9 Å². The van der Waals surface area contributed by atoms with Gasteiger partial charge < -0.3 is 10.4 Å². The van der Waals surface area contributed by atoms with Gasteiger partial charge in [0.25, 0.3) is 5.91 Å². The van der Waals surface area contributed by atoms with E-state index >= 15 is 0 Å². The topological polar surface area (TPSA) is 102 Å². The van der Waals surface area contributed by atoms with Crippen molar-refractivity contribution >= 4 is 23.5 Å². The zero-order valence-corrected chi connectivity index (χ0v) is 13.2. The Bertz CT molecular complexity index is 734. The van der Waals surface area contributed by atoms with Gasteiger partial charge in [-0.1, -0.05) is 11.6 Å². The van der Waals surface area contributed by atoms with Gasteiger partial charge >= 0.3 is 5.97 Å². The molecule has 0 unspecified atom stereocenters. The molecule has 0 aliphatic rings. The van der Waals surface area contributed by atoms with E-state index in [0.717, 1.165) is 11.4 Å². The van der Waals surface area contributed by atoms with E-state index in [1.165, 1.54) is 10.9 Å². The summed E-state index contributed by atoms with van der Waals surface area (Å²) < 4.78 is 2.98. The van der Waals surface area contributed by atoms with Crippen molar-refractivity contribution in [2.24, 2.45) is 7.05 Å². The number of hydrogen-bond donors (Lipinski definition) is 2. The number of nitrogens with zero attached hydrogens (tertiary/aromatic N) is 4. The first-order valence-corrected chi connectivity index (χ1v) is 6.93. The number of aromatic nitrogens is 4. The molecule has 0 saturated heterocycles. The van der Waals surface area contributed by atoms with E-state index in [1.54, 1.807) is 18.7 Å². The molecule has 0 fully saturated rings. The number of aromatic carboxylic acids is 1. The van der Waals surface area contributed by atoms with Gasteiger partial charge in [-0.25, -0.2) is 4.79 Å². The summed E-state index contributed by atoms with van der Waals surface area (Å²) in [6.45, 7) is 4.38. The lowest BCUT2D eigenvalue weighted by Gasteiger charge is -2.06. The van der Waals surface area contributed by atoms with Gasteiger partial charge in [-0.2, -0.15) is 10.2 Å². The first-order valence-electron chi connectivity index (χ1n) is 6.56. The Labute approximate surface area is 131 Å². The smallest absolute Gasteiger partial charge is 0.357 e. The molecule has 118 valence electrons. The predicted molar refractivity (Wildman–Crippen MR) is 79.2 cm³/mol. The van der Waals surface area contributed by atoms with Crippen LogP contribution in [0.4, 0.5) is 0 Å². The third-order valence-electron chi connectivity index (χ3n) is 3.18. The molecule has 0 radical (unpaired) electrons. The van der Waals surface area contributed by atoms with Crippen molar-refractivity contribution < 1.29 is 14.7 Å².